The Morgan fingerprint density at radius 1 is 1.62 bits per heavy atom. The lowest BCUT2D eigenvalue weighted by atomic mass is 10.2. The van der Waals surface area contributed by atoms with Gasteiger partial charge < -0.3 is 9.72 Å². The van der Waals surface area contributed by atoms with Gasteiger partial charge in [-0.15, -0.1) is 11.3 Å². The van der Waals surface area contributed by atoms with E-state index in [1.807, 2.05) is 5.38 Å². The Balaban J connectivity index is 2.00. The van der Waals surface area contributed by atoms with E-state index in [2.05, 4.69) is 19.7 Å². The average molecular weight is 237 g/mol. The number of nitrogens with zero attached hydrogens (tertiary/aromatic N) is 2. The molecule has 1 N–H and O–H groups in total. The number of hydrogen-bond donors (Lipinski definition) is 1. The first-order chi connectivity index (χ1) is 7.79. The van der Waals surface area contributed by atoms with E-state index in [0.717, 1.165) is 16.5 Å². The number of esters is 1. The maximum atomic E-state index is 11.0. The second-order valence-electron chi connectivity index (χ2n) is 3.16. The normalized spacial score (nSPS) is 10.3. The maximum absolute atomic E-state index is 11.0. The highest BCUT2D eigenvalue weighted by atomic mass is 32.1. The summed E-state index contributed by atoms with van der Waals surface area (Å²) in [5.41, 5.74) is 0.891. The smallest absolute Gasteiger partial charge is 0.305 e. The van der Waals surface area contributed by atoms with Gasteiger partial charge in [0.2, 0.25) is 0 Å². The lowest BCUT2D eigenvalue weighted by molar-refractivity contribution is -0.140. The molecule has 0 aliphatic rings. The molecule has 0 saturated heterocycles. The van der Waals surface area contributed by atoms with Crippen LogP contribution in [-0.4, -0.2) is 28.0 Å². The molecule has 0 aliphatic carbocycles. The van der Waals surface area contributed by atoms with Crippen molar-refractivity contribution in [1.29, 1.82) is 0 Å². The molecule has 0 amide bonds. The zero-order valence-corrected chi connectivity index (χ0v) is 9.58. The van der Waals surface area contributed by atoms with E-state index in [1.54, 1.807) is 12.4 Å². The molecular weight excluding hydrogens is 226 g/mol. The highest BCUT2D eigenvalue weighted by molar-refractivity contribution is 7.13. The molecule has 0 aromatic carbocycles. The van der Waals surface area contributed by atoms with Gasteiger partial charge in [0.25, 0.3) is 0 Å². The van der Waals surface area contributed by atoms with Crippen LogP contribution in [0.3, 0.4) is 0 Å². The second kappa shape index (κ2) is 4.89. The summed E-state index contributed by atoms with van der Waals surface area (Å²) in [6, 6.07) is 0. The fraction of sp³-hybridized carbons (Fsp3) is 0.300. The zero-order chi connectivity index (χ0) is 11.4. The molecule has 0 atom stereocenters. The molecule has 0 fully saturated rings. The second-order valence-corrected chi connectivity index (χ2v) is 4.02. The topological polar surface area (TPSA) is 67.9 Å². The quantitative estimate of drug-likeness (QED) is 0.821. The monoisotopic (exact) mass is 237 g/mol. The Morgan fingerprint density at radius 3 is 3.19 bits per heavy atom. The molecule has 0 radical (unpaired) electrons. The minimum atomic E-state index is -0.215. The Bertz CT molecular complexity index is 464. The molecule has 0 saturated carbocycles. The van der Waals surface area contributed by atoms with Crippen molar-refractivity contribution in [3.8, 4) is 10.8 Å². The Morgan fingerprint density at radius 2 is 2.50 bits per heavy atom. The van der Waals surface area contributed by atoms with E-state index in [0.29, 0.717) is 12.8 Å². The molecule has 2 rings (SSSR count). The third kappa shape index (κ3) is 2.46. The van der Waals surface area contributed by atoms with Gasteiger partial charge in [-0.2, -0.15) is 0 Å². The number of aromatic nitrogens is 3. The maximum Gasteiger partial charge on any atom is 0.305 e. The molecule has 0 spiro atoms. The van der Waals surface area contributed by atoms with Crippen LogP contribution in [0, 0.1) is 0 Å². The third-order valence-corrected chi connectivity index (χ3v) is 2.96. The summed E-state index contributed by atoms with van der Waals surface area (Å²) in [4.78, 5) is 22.4. The summed E-state index contributed by atoms with van der Waals surface area (Å²) >= 11 is 1.51. The predicted molar refractivity (Wildman–Crippen MR) is 60.0 cm³/mol. The van der Waals surface area contributed by atoms with Crippen molar-refractivity contribution < 1.29 is 9.53 Å². The van der Waals surface area contributed by atoms with Crippen LogP contribution in [0.25, 0.3) is 10.8 Å². The summed E-state index contributed by atoms with van der Waals surface area (Å²) in [7, 11) is 1.39. The van der Waals surface area contributed by atoms with Crippen molar-refractivity contribution in [3.63, 3.8) is 0 Å². The van der Waals surface area contributed by atoms with Crippen LogP contribution in [-0.2, 0) is 16.0 Å². The van der Waals surface area contributed by atoms with Gasteiger partial charge >= 0.3 is 5.97 Å². The van der Waals surface area contributed by atoms with Gasteiger partial charge in [-0.25, -0.2) is 9.97 Å². The molecule has 6 heteroatoms. The van der Waals surface area contributed by atoms with Crippen LogP contribution in [0.2, 0.25) is 0 Å². The third-order valence-electron chi connectivity index (χ3n) is 2.07. The Hall–Kier alpha value is -1.69. The van der Waals surface area contributed by atoms with Gasteiger partial charge in [-0.3, -0.25) is 4.79 Å². The van der Waals surface area contributed by atoms with Crippen LogP contribution >= 0.6 is 11.3 Å². The van der Waals surface area contributed by atoms with Crippen molar-refractivity contribution >= 4 is 17.3 Å². The standard InChI is InChI=1S/C10H11N3O2S/c1-15-8(14)3-2-7-6-16-10(13-7)9-11-4-5-12-9/h4-6H,2-3H2,1H3,(H,11,12). The lowest BCUT2D eigenvalue weighted by Crippen LogP contribution is -2.01. The minimum Gasteiger partial charge on any atom is -0.469 e. The molecule has 2 aromatic rings. The number of methoxy groups -OCH3 is 1. The van der Waals surface area contributed by atoms with Crippen molar-refractivity contribution in [2.45, 2.75) is 12.8 Å². The Kier molecular flexibility index (Phi) is 3.31. The van der Waals surface area contributed by atoms with E-state index in [1.165, 1.54) is 18.4 Å². The summed E-state index contributed by atoms with van der Waals surface area (Å²) in [6.45, 7) is 0. The van der Waals surface area contributed by atoms with Crippen LogP contribution in [0.15, 0.2) is 17.8 Å². The lowest BCUT2D eigenvalue weighted by Gasteiger charge is -1.95. The molecule has 5 nitrogen and oxygen atoms in total. The van der Waals surface area contributed by atoms with E-state index in [9.17, 15) is 4.79 Å². The van der Waals surface area contributed by atoms with Gasteiger partial charge in [0.15, 0.2) is 10.8 Å². The molecule has 2 heterocycles. The van der Waals surface area contributed by atoms with Crippen molar-refractivity contribution in [2.24, 2.45) is 0 Å². The van der Waals surface area contributed by atoms with E-state index in [-0.39, 0.29) is 5.97 Å². The van der Waals surface area contributed by atoms with Crippen molar-refractivity contribution in [2.75, 3.05) is 7.11 Å². The first-order valence-corrected chi connectivity index (χ1v) is 5.68. The summed E-state index contributed by atoms with van der Waals surface area (Å²) < 4.78 is 4.57. The van der Waals surface area contributed by atoms with Gasteiger partial charge in [-0.1, -0.05) is 0 Å². The van der Waals surface area contributed by atoms with E-state index < -0.39 is 0 Å². The molecule has 84 valence electrons. The largest absolute Gasteiger partial charge is 0.469 e. The van der Waals surface area contributed by atoms with E-state index >= 15 is 0 Å². The number of rotatable bonds is 4. The number of ether oxygens (including phenoxy) is 1. The zero-order valence-electron chi connectivity index (χ0n) is 8.77. The highest BCUT2D eigenvalue weighted by Gasteiger charge is 2.08. The number of aryl methyl sites for hydroxylation is 1. The molecule has 0 aliphatic heterocycles. The fourth-order valence-electron chi connectivity index (χ4n) is 1.24. The Labute approximate surface area is 96.5 Å². The van der Waals surface area contributed by atoms with Crippen LogP contribution in [0.1, 0.15) is 12.1 Å². The minimum absolute atomic E-state index is 0.215. The number of carbonyl (C=O) groups excluding carboxylic acids is 1. The van der Waals surface area contributed by atoms with E-state index in [4.69, 9.17) is 0 Å². The van der Waals surface area contributed by atoms with Gasteiger partial charge in [-0.05, 0) is 0 Å². The highest BCUT2D eigenvalue weighted by Crippen LogP contribution is 2.20. The molecule has 0 bridgehead atoms. The summed E-state index contributed by atoms with van der Waals surface area (Å²) in [6.07, 6.45) is 4.40. The van der Waals surface area contributed by atoms with Crippen molar-refractivity contribution in [1.82, 2.24) is 15.0 Å². The van der Waals surface area contributed by atoms with Gasteiger partial charge in [0, 0.05) is 24.2 Å². The fourth-order valence-corrected chi connectivity index (χ4v) is 2.06. The number of H-pyrrole nitrogens is 1. The first-order valence-electron chi connectivity index (χ1n) is 4.80. The van der Waals surface area contributed by atoms with Crippen molar-refractivity contribution in [3.05, 3.63) is 23.5 Å². The molecule has 0 unspecified atom stereocenters. The summed E-state index contributed by atoms with van der Waals surface area (Å²) in [5, 5.41) is 2.77. The van der Waals surface area contributed by atoms with Crippen LogP contribution in [0.5, 0.6) is 0 Å². The SMILES string of the molecule is COC(=O)CCc1csc(-c2ncc[nH]2)n1. The predicted octanol–water partition coefficient (Wildman–Crippen LogP) is 1.64. The number of imidazole rings is 1. The number of nitrogens with one attached hydrogen (secondary N) is 1. The number of aromatic amines is 1. The van der Waals surface area contributed by atoms with Gasteiger partial charge in [0.1, 0.15) is 0 Å². The summed E-state index contributed by atoms with van der Waals surface area (Å²) in [5.74, 6) is 0.543. The number of carbonyl (C=O) groups is 1. The van der Waals surface area contributed by atoms with Crippen LogP contribution < -0.4 is 0 Å². The molecule has 2 aromatic heterocycles. The number of hydrogen-bond acceptors (Lipinski definition) is 5. The molecular formula is C10H11N3O2S. The van der Waals surface area contributed by atoms with Gasteiger partial charge in [0.05, 0.1) is 19.2 Å². The molecule has 16 heavy (non-hydrogen) atoms. The average Bonchev–Trinajstić information content (AvgIpc) is 2.95. The first kappa shape index (κ1) is 10.8. The number of thiazole rings is 1. The van der Waals surface area contributed by atoms with Crippen LogP contribution in [0.4, 0.5) is 0 Å².